The van der Waals surface area contributed by atoms with E-state index in [1.54, 1.807) is 49.5 Å². The largest absolute Gasteiger partial charge is 0.504 e. The summed E-state index contributed by atoms with van der Waals surface area (Å²) in [6.45, 7) is 3.54. The van der Waals surface area contributed by atoms with Gasteiger partial charge in [0, 0.05) is 54.6 Å². The molecule has 302 valence electrons. The van der Waals surface area contributed by atoms with Crippen molar-refractivity contribution in [3.63, 3.8) is 0 Å². The lowest BCUT2D eigenvalue weighted by Crippen LogP contribution is -2.43. The van der Waals surface area contributed by atoms with Crippen LogP contribution >= 0.6 is 7.60 Å². The summed E-state index contributed by atoms with van der Waals surface area (Å²) in [5.41, 5.74) is 1.49. The number of Topliss-reactive ketones (excluding diaryl/α,β-unsaturated/α-hetero) is 1. The number of carboxylic acid groups (broad SMARTS) is 1. The Morgan fingerprint density at radius 2 is 1.61 bits per heavy atom. The van der Waals surface area contributed by atoms with Crippen LogP contribution in [0.15, 0.2) is 76.2 Å². The number of nitrogens with one attached hydrogen (secondary N) is 1. The molecular weight excluding hydrogens is 755 g/mol. The van der Waals surface area contributed by atoms with Gasteiger partial charge in [-0.3, -0.25) is 18.9 Å². The van der Waals surface area contributed by atoms with E-state index >= 15 is 0 Å². The van der Waals surface area contributed by atoms with E-state index in [-0.39, 0.29) is 111 Å². The molecule has 17 nitrogen and oxygen atoms in total. The Hall–Kier alpha value is -4.84. The maximum Gasteiger partial charge on any atom is 0.368 e. The van der Waals surface area contributed by atoms with Crippen LogP contribution < -0.4 is 15.3 Å². The molecule has 2 aromatic heterocycles. The van der Waals surface area contributed by atoms with Crippen molar-refractivity contribution in [2.45, 2.75) is 50.6 Å². The number of carbonyl (C=O) groups excluding carboxylic acids is 2. The van der Waals surface area contributed by atoms with E-state index in [1.807, 2.05) is 0 Å². The minimum atomic E-state index is -5.40. The maximum absolute atomic E-state index is 12.5. The lowest BCUT2D eigenvalue weighted by atomic mass is 10.1. The number of hydrogen-bond acceptors (Lipinski definition) is 12. The molecule has 4 aromatic rings. The molecule has 2 aromatic carbocycles. The van der Waals surface area contributed by atoms with Crippen LogP contribution in [0.2, 0.25) is 0 Å². The van der Waals surface area contributed by atoms with Crippen LogP contribution in [0.1, 0.15) is 40.7 Å². The Morgan fingerprint density at radius 1 is 0.946 bits per heavy atom. The molecule has 1 amide bonds. The number of aliphatic carboxylic acids is 1. The molecule has 4 rings (SSSR count). The molecule has 2 atom stereocenters. The zero-order valence-electron chi connectivity index (χ0n) is 30.7. The quantitative estimate of drug-likeness (QED) is 0.0321. The number of carboxylic acids is 1. The van der Waals surface area contributed by atoms with Crippen molar-refractivity contribution in [1.29, 1.82) is 0 Å². The van der Waals surface area contributed by atoms with E-state index < -0.39 is 31.4 Å². The Labute approximate surface area is 321 Å². The van der Waals surface area contributed by atoms with Crippen LogP contribution in [0.3, 0.4) is 0 Å². The van der Waals surface area contributed by atoms with Gasteiger partial charge in [-0.05, 0) is 43.2 Å². The number of ether oxygens (including phenoxy) is 3. The fourth-order valence-corrected chi connectivity index (χ4v) is 6.11. The number of ketones is 1. The number of benzene rings is 2. The van der Waals surface area contributed by atoms with Crippen molar-refractivity contribution in [2.24, 2.45) is 0 Å². The fraction of sp³-hybridized carbons (Fsp3) is 0.395. The number of fused-ring (bicyclic) bond motifs is 1. The third-order valence-corrected chi connectivity index (χ3v) is 9.99. The van der Waals surface area contributed by atoms with E-state index in [0.29, 0.717) is 23.3 Å². The van der Waals surface area contributed by atoms with Gasteiger partial charge in [-0.15, -0.1) is 0 Å². The highest BCUT2D eigenvalue weighted by atomic mass is 31.2. The first-order valence-corrected chi connectivity index (χ1v) is 19.3. The van der Waals surface area contributed by atoms with Crippen molar-refractivity contribution in [2.75, 3.05) is 46.2 Å². The highest BCUT2D eigenvalue weighted by Gasteiger charge is 2.53. The summed E-state index contributed by atoms with van der Waals surface area (Å²) >= 11 is 0. The van der Waals surface area contributed by atoms with E-state index in [0.717, 1.165) is 0 Å². The van der Waals surface area contributed by atoms with Crippen LogP contribution in [0, 0.1) is 6.92 Å². The molecule has 2 unspecified atom stereocenters. The smallest absolute Gasteiger partial charge is 0.368 e. The van der Waals surface area contributed by atoms with Crippen LogP contribution in [-0.2, 0) is 41.3 Å². The molecule has 0 fully saturated rings. The number of aliphatic hydroxyl groups is 2. The second kappa shape index (κ2) is 20.4. The summed E-state index contributed by atoms with van der Waals surface area (Å²) in [6.07, 6.45) is 1.47. The second-order valence-electron chi connectivity index (χ2n) is 13.0. The van der Waals surface area contributed by atoms with Crippen molar-refractivity contribution < 1.29 is 72.4 Å². The van der Waals surface area contributed by atoms with Crippen LogP contribution in [-0.4, -0.2) is 106 Å². The topological polar surface area (TPSA) is 263 Å². The number of phenols is 1. The standard InChI is InChI=1S/C38H45N2O15P/c1-25-4-11-31-32(43)21-33(55-35(31)34(25)44)27-5-7-28(8-6-27)36(45)39-13-16-53-18-20-54-19-17-52-15-12-29(41)9-10-30(42)24-40-14-2-3-26(23-40)22-38(48,37(46)47)56(49,50)51/h2-8,11,14,21,23,30,42,48H,9-10,12-13,15-20,22,24H2,1H3,(H4-,39,44,45,46,47,49,50,51)/p+1. The summed E-state index contributed by atoms with van der Waals surface area (Å²) in [5.74, 6) is -2.32. The third-order valence-electron chi connectivity index (χ3n) is 8.68. The van der Waals surface area contributed by atoms with Crippen LogP contribution in [0.4, 0.5) is 0 Å². The monoisotopic (exact) mass is 801 g/mol. The highest BCUT2D eigenvalue weighted by Crippen LogP contribution is 2.50. The number of aromatic hydroxyl groups is 1. The average molecular weight is 802 g/mol. The van der Waals surface area contributed by atoms with Gasteiger partial charge < -0.3 is 54.2 Å². The molecule has 0 saturated heterocycles. The first-order valence-electron chi connectivity index (χ1n) is 17.7. The number of nitrogens with zero attached hydrogens (tertiary/aromatic N) is 1. The van der Waals surface area contributed by atoms with Gasteiger partial charge in [-0.2, -0.15) is 0 Å². The number of aryl methyl sites for hydroxylation is 1. The first kappa shape index (κ1) is 43.9. The van der Waals surface area contributed by atoms with Crippen molar-refractivity contribution in [3.05, 3.63) is 93.9 Å². The zero-order chi connectivity index (χ0) is 40.9. The summed E-state index contributed by atoms with van der Waals surface area (Å²) in [6, 6.07) is 14.0. The van der Waals surface area contributed by atoms with Gasteiger partial charge in [0.2, 0.25) is 0 Å². The molecule has 0 aliphatic carbocycles. The molecule has 0 bridgehead atoms. The normalized spacial score (nSPS) is 13.3. The minimum Gasteiger partial charge on any atom is -0.504 e. The average Bonchev–Trinajstić information content (AvgIpc) is 3.15. The van der Waals surface area contributed by atoms with Crippen LogP contribution in [0.25, 0.3) is 22.3 Å². The molecule has 0 radical (unpaired) electrons. The van der Waals surface area contributed by atoms with Gasteiger partial charge >= 0.3 is 13.6 Å². The van der Waals surface area contributed by atoms with Crippen molar-refractivity contribution in [1.82, 2.24) is 5.32 Å². The van der Waals surface area contributed by atoms with E-state index in [4.69, 9.17) is 23.7 Å². The summed E-state index contributed by atoms with van der Waals surface area (Å²) < 4.78 is 35.2. The minimum absolute atomic E-state index is 0.0226. The van der Waals surface area contributed by atoms with Gasteiger partial charge in [-0.1, -0.05) is 18.2 Å². The number of phenolic OH excluding ortho intramolecular Hbond substituents is 1. The Morgan fingerprint density at radius 3 is 2.27 bits per heavy atom. The molecule has 0 saturated carbocycles. The van der Waals surface area contributed by atoms with Gasteiger partial charge in [0.25, 0.3) is 11.2 Å². The molecular formula is C38H46N2O15P+. The maximum atomic E-state index is 12.5. The third kappa shape index (κ3) is 12.3. The van der Waals surface area contributed by atoms with Gasteiger partial charge in [-0.25, -0.2) is 9.36 Å². The van der Waals surface area contributed by atoms with Gasteiger partial charge in [0.1, 0.15) is 17.6 Å². The lowest BCUT2D eigenvalue weighted by Gasteiger charge is -2.23. The fourth-order valence-electron chi connectivity index (χ4n) is 5.47. The Bertz CT molecular complexity index is 2080. The van der Waals surface area contributed by atoms with E-state index in [2.05, 4.69) is 5.32 Å². The Balaban J connectivity index is 1.02. The Kier molecular flexibility index (Phi) is 16.0. The van der Waals surface area contributed by atoms with E-state index in [9.17, 15) is 48.8 Å². The van der Waals surface area contributed by atoms with Crippen molar-refractivity contribution >= 4 is 36.2 Å². The summed E-state index contributed by atoms with van der Waals surface area (Å²) in [5, 5.41) is 39.7. The predicted octanol–water partition coefficient (Wildman–Crippen LogP) is 1.84. The number of aromatic nitrogens is 1. The number of carbonyl (C=O) groups is 3. The number of hydrogen-bond donors (Lipinski definition) is 7. The van der Waals surface area contributed by atoms with Crippen molar-refractivity contribution in [3.8, 4) is 17.1 Å². The summed E-state index contributed by atoms with van der Waals surface area (Å²) in [4.78, 5) is 67.3. The molecule has 7 N–H and O–H groups in total. The van der Waals surface area contributed by atoms with Crippen LogP contribution in [0.5, 0.6) is 5.75 Å². The molecule has 0 aliphatic heterocycles. The number of pyridine rings is 1. The van der Waals surface area contributed by atoms with E-state index in [1.165, 1.54) is 29.0 Å². The molecule has 0 spiro atoms. The molecule has 2 heterocycles. The molecule has 0 aliphatic rings. The number of aliphatic hydroxyl groups excluding tert-OH is 1. The number of rotatable bonds is 23. The highest BCUT2D eigenvalue weighted by molar-refractivity contribution is 7.54. The zero-order valence-corrected chi connectivity index (χ0v) is 31.6. The SMILES string of the molecule is Cc1ccc2c(=O)cc(-c3ccc(C(=O)NCCOCCOCCOCCC(=O)CCC(O)C[n+]4cccc(CC(O)(C(=O)O)P(=O)(O)O)c4)cc3)oc2c1O. The summed E-state index contributed by atoms with van der Waals surface area (Å²) in [7, 11) is -5.40. The lowest BCUT2D eigenvalue weighted by molar-refractivity contribution is -0.704. The van der Waals surface area contributed by atoms with Gasteiger partial charge in [0.15, 0.2) is 35.7 Å². The van der Waals surface area contributed by atoms with Gasteiger partial charge in [0.05, 0.1) is 45.0 Å². The molecule has 56 heavy (non-hydrogen) atoms. The number of amides is 1. The second-order valence-corrected chi connectivity index (χ2v) is 14.8. The predicted molar refractivity (Wildman–Crippen MR) is 199 cm³/mol. The first-order chi connectivity index (χ1) is 26.6. The molecule has 18 heteroatoms.